The fourth-order valence-electron chi connectivity index (χ4n) is 4.34. The number of carbonyl (C=O) groups is 1. The van der Waals surface area contributed by atoms with Crippen molar-refractivity contribution in [1.29, 1.82) is 0 Å². The Balaban J connectivity index is 0.00000280. The first-order valence-corrected chi connectivity index (χ1v) is 11.0. The molecule has 2 saturated heterocycles. The number of halogens is 1. The lowest BCUT2D eigenvalue weighted by atomic mass is 9.97. The molecule has 1 aromatic carbocycles. The Morgan fingerprint density at radius 2 is 1.68 bits per heavy atom. The third-order valence-electron chi connectivity index (χ3n) is 5.94. The monoisotopic (exact) mass is 408 g/mol. The van der Waals surface area contributed by atoms with Gasteiger partial charge in [0, 0.05) is 24.7 Å². The molecule has 3 rings (SSSR count). The molecular formula is C23H37ClN2O2. The summed E-state index contributed by atoms with van der Waals surface area (Å²) in [6.07, 6.45) is 11.1. The average Bonchev–Trinajstić information content (AvgIpc) is 3.00. The number of likely N-dealkylation sites (tertiary alicyclic amines) is 2. The molecule has 0 aliphatic carbocycles. The first kappa shape index (κ1) is 23.0. The van der Waals surface area contributed by atoms with Crippen LogP contribution in [0.15, 0.2) is 24.3 Å². The minimum atomic E-state index is 0. The number of carbonyl (C=O) groups excluding carboxylic acids is 1. The molecule has 2 heterocycles. The van der Waals surface area contributed by atoms with Crippen LogP contribution in [0.2, 0.25) is 0 Å². The van der Waals surface area contributed by atoms with Crippen LogP contribution in [0.4, 0.5) is 0 Å². The number of nitrogens with zero attached hydrogens (tertiary/aromatic N) is 2. The van der Waals surface area contributed by atoms with Gasteiger partial charge in [-0.2, -0.15) is 0 Å². The predicted octanol–water partition coefficient (Wildman–Crippen LogP) is 5.16. The van der Waals surface area contributed by atoms with E-state index in [1.165, 1.54) is 45.2 Å². The minimum Gasteiger partial charge on any atom is -0.494 e. The lowest BCUT2D eigenvalue weighted by molar-refractivity contribution is 0.0584. The summed E-state index contributed by atoms with van der Waals surface area (Å²) in [5.41, 5.74) is 0.792. The highest BCUT2D eigenvalue weighted by atomic mass is 35.5. The SMILES string of the molecule is CCCOc1ccc(C(=O)N2CCCCC2CCN2CCCCCC2)cc1.Cl. The third kappa shape index (κ3) is 6.66. The molecular weight excluding hydrogens is 372 g/mol. The van der Waals surface area contributed by atoms with Gasteiger partial charge in [0.15, 0.2) is 0 Å². The minimum absolute atomic E-state index is 0. The van der Waals surface area contributed by atoms with Crippen molar-refractivity contribution < 1.29 is 9.53 Å². The Bertz CT molecular complexity index is 570. The summed E-state index contributed by atoms with van der Waals surface area (Å²) >= 11 is 0. The van der Waals surface area contributed by atoms with Crippen LogP contribution in [-0.2, 0) is 0 Å². The highest BCUT2D eigenvalue weighted by Crippen LogP contribution is 2.24. The molecule has 0 radical (unpaired) electrons. The number of amides is 1. The Morgan fingerprint density at radius 1 is 1.00 bits per heavy atom. The van der Waals surface area contributed by atoms with Gasteiger partial charge in [-0.15, -0.1) is 12.4 Å². The molecule has 2 fully saturated rings. The van der Waals surface area contributed by atoms with Gasteiger partial charge in [0.25, 0.3) is 5.91 Å². The van der Waals surface area contributed by atoms with Crippen LogP contribution in [0, 0.1) is 0 Å². The van der Waals surface area contributed by atoms with E-state index in [4.69, 9.17) is 4.74 Å². The fourth-order valence-corrected chi connectivity index (χ4v) is 4.34. The smallest absolute Gasteiger partial charge is 0.254 e. The molecule has 0 N–H and O–H groups in total. The number of hydrogen-bond acceptors (Lipinski definition) is 3. The van der Waals surface area contributed by atoms with E-state index in [1.54, 1.807) is 0 Å². The Kier molecular flexibility index (Phi) is 10.1. The largest absolute Gasteiger partial charge is 0.494 e. The summed E-state index contributed by atoms with van der Waals surface area (Å²) in [6.45, 7) is 7.33. The predicted molar refractivity (Wildman–Crippen MR) is 118 cm³/mol. The fraction of sp³-hybridized carbons (Fsp3) is 0.696. The Labute approximate surface area is 177 Å². The molecule has 0 aromatic heterocycles. The van der Waals surface area contributed by atoms with Crippen molar-refractivity contribution in [1.82, 2.24) is 9.80 Å². The molecule has 1 atom stereocenters. The molecule has 0 spiro atoms. The highest BCUT2D eigenvalue weighted by Gasteiger charge is 2.27. The van der Waals surface area contributed by atoms with Gasteiger partial charge in [-0.25, -0.2) is 0 Å². The summed E-state index contributed by atoms with van der Waals surface area (Å²) in [5.74, 6) is 1.04. The molecule has 2 aliphatic heterocycles. The average molecular weight is 409 g/mol. The Hall–Kier alpha value is -1.26. The van der Waals surface area contributed by atoms with Crippen molar-refractivity contribution in [2.75, 3.05) is 32.8 Å². The van der Waals surface area contributed by atoms with Gasteiger partial charge in [-0.05, 0) is 82.3 Å². The van der Waals surface area contributed by atoms with E-state index >= 15 is 0 Å². The van der Waals surface area contributed by atoms with Crippen LogP contribution < -0.4 is 4.74 Å². The van der Waals surface area contributed by atoms with Crippen LogP contribution in [0.1, 0.15) is 75.1 Å². The highest BCUT2D eigenvalue weighted by molar-refractivity contribution is 5.94. The van der Waals surface area contributed by atoms with Gasteiger partial charge in [-0.1, -0.05) is 19.8 Å². The molecule has 1 unspecified atom stereocenters. The van der Waals surface area contributed by atoms with Gasteiger partial charge in [0.2, 0.25) is 0 Å². The van der Waals surface area contributed by atoms with Crippen molar-refractivity contribution in [3.63, 3.8) is 0 Å². The van der Waals surface area contributed by atoms with Crippen LogP contribution >= 0.6 is 12.4 Å². The third-order valence-corrected chi connectivity index (χ3v) is 5.94. The summed E-state index contributed by atoms with van der Waals surface area (Å²) in [4.78, 5) is 17.9. The van der Waals surface area contributed by atoms with Crippen molar-refractivity contribution in [2.45, 2.75) is 70.8 Å². The normalized spacial score (nSPS) is 20.9. The van der Waals surface area contributed by atoms with Crippen molar-refractivity contribution in [3.8, 4) is 5.75 Å². The van der Waals surface area contributed by atoms with Gasteiger partial charge in [0.05, 0.1) is 6.61 Å². The first-order chi connectivity index (χ1) is 13.3. The molecule has 0 saturated carbocycles. The maximum atomic E-state index is 13.1. The van der Waals surface area contributed by atoms with E-state index in [2.05, 4.69) is 16.7 Å². The van der Waals surface area contributed by atoms with Crippen LogP contribution in [0.25, 0.3) is 0 Å². The van der Waals surface area contributed by atoms with Gasteiger partial charge in [0.1, 0.15) is 5.75 Å². The van der Waals surface area contributed by atoms with E-state index in [1.807, 2.05) is 24.3 Å². The van der Waals surface area contributed by atoms with E-state index in [0.717, 1.165) is 56.7 Å². The van der Waals surface area contributed by atoms with E-state index in [9.17, 15) is 4.79 Å². The topological polar surface area (TPSA) is 32.8 Å². The van der Waals surface area contributed by atoms with Crippen molar-refractivity contribution in [2.24, 2.45) is 0 Å². The molecule has 158 valence electrons. The zero-order valence-electron chi connectivity index (χ0n) is 17.4. The maximum absolute atomic E-state index is 13.1. The van der Waals surface area contributed by atoms with Crippen LogP contribution in [-0.4, -0.2) is 54.5 Å². The molecule has 5 heteroatoms. The number of ether oxygens (including phenoxy) is 1. The number of hydrogen-bond donors (Lipinski definition) is 0. The molecule has 1 amide bonds. The molecule has 0 bridgehead atoms. The first-order valence-electron chi connectivity index (χ1n) is 11.0. The summed E-state index contributed by atoms with van der Waals surface area (Å²) in [5, 5.41) is 0. The summed E-state index contributed by atoms with van der Waals surface area (Å²) in [6, 6.07) is 8.10. The molecule has 28 heavy (non-hydrogen) atoms. The second kappa shape index (κ2) is 12.3. The number of benzene rings is 1. The lowest BCUT2D eigenvalue weighted by Gasteiger charge is -2.37. The van der Waals surface area contributed by atoms with Crippen LogP contribution in [0.3, 0.4) is 0 Å². The van der Waals surface area contributed by atoms with Crippen LogP contribution in [0.5, 0.6) is 5.75 Å². The standard InChI is InChI=1S/C23H36N2O2.ClH/c1-2-19-27-22-12-10-20(11-13-22)23(26)25-17-8-5-9-21(25)14-18-24-15-6-3-4-7-16-24;/h10-13,21H,2-9,14-19H2,1H3;1H. The molecule has 4 nitrogen and oxygen atoms in total. The summed E-state index contributed by atoms with van der Waals surface area (Å²) in [7, 11) is 0. The number of piperidine rings is 1. The molecule has 2 aliphatic rings. The van der Waals surface area contributed by atoms with Gasteiger partial charge in [-0.3, -0.25) is 4.79 Å². The van der Waals surface area contributed by atoms with Crippen molar-refractivity contribution in [3.05, 3.63) is 29.8 Å². The quantitative estimate of drug-likeness (QED) is 0.624. The van der Waals surface area contributed by atoms with E-state index in [-0.39, 0.29) is 18.3 Å². The zero-order chi connectivity index (χ0) is 18.9. The van der Waals surface area contributed by atoms with Crippen molar-refractivity contribution >= 4 is 18.3 Å². The molecule has 1 aromatic rings. The second-order valence-electron chi connectivity index (χ2n) is 8.07. The lowest BCUT2D eigenvalue weighted by Crippen LogP contribution is -2.45. The van der Waals surface area contributed by atoms with Gasteiger partial charge < -0.3 is 14.5 Å². The zero-order valence-corrected chi connectivity index (χ0v) is 18.2. The number of rotatable bonds is 7. The summed E-state index contributed by atoms with van der Waals surface area (Å²) < 4.78 is 5.64. The second-order valence-corrected chi connectivity index (χ2v) is 8.07. The van der Waals surface area contributed by atoms with E-state index in [0.29, 0.717) is 6.04 Å². The Morgan fingerprint density at radius 3 is 2.36 bits per heavy atom. The van der Waals surface area contributed by atoms with Gasteiger partial charge >= 0.3 is 0 Å². The van der Waals surface area contributed by atoms with E-state index < -0.39 is 0 Å². The maximum Gasteiger partial charge on any atom is 0.254 e.